The van der Waals surface area contributed by atoms with Gasteiger partial charge in [-0.15, -0.1) is 0 Å². The zero-order valence-electron chi connectivity index (χ0n) is 14.8. The summed E-state index contributed by atoms with van der Waals surface area (Å²) >= 11 is 6.05. The van der Waals surface area contributed by atoms with Gasteiger partial charge in [-0.05, 0) is 24.1 Å². The van der Waals surface area contributed by atoms with Gasteiger partial charge in [0, 0.05) is 24.2 Å². The summed E-state index contributed by atoms with van der Waals surface area (Å²) in [5.74, 6) is -1.13. The summed E-state index contributed by atoms with van der Waals surface area (Å²) in [4.78, 5) is 26.7. The fourth-order valence-electron chi connectivity index (χ4n) is 2.82. The first kappa shape index (κ1) is 19.9. The lowest BCUT2D eigenvalue weighted by Crippen LogP contribution is -2.48. The molecule has 1 atom stereocenters. The van der Waals surface area contributed by atoms with Crippen molar-refractivity contribution in [2.45, 2.75) is 32.4 Å². The molecule has 6 heteroatoms. The number of hydrogen-bond donors (Lipinski definition) is 1. The fourth-order valence-corrected chi connectivity index (χ4v) is 3.05. The summed E-state index contributed by atoms with van der Waals surface area (Å²) in [7, 11) is 1.53. The number of nitrogens with zero attached hydrogens (tertiary/aromatic N) is 1. The minimum Gasteiger partial charge on any atom is -0.357 e. The predicted octanol–water partition coefficient (Wildman–Crippen LogP) is 3.58. The first-order valence-electron chi connectivity index (χ1n) is 8.45. The molecule has 2 rings (SSSR count). The molecule has 0 aromatic heterocycles. The number of amides is 2. The summed E-state index contributed by atoms with van der Waals surface area (Å²) in [5, 5.41) is 2.79. The third kappa shape index (κ3) is 4.82. The van der Waals surface area contributed by atoms with Crippen molar-refractivity contribution in [3.63, 3.8) is 0 Å². The number of nitrogens with one attached hydrogen (secondary N) is 1. The molecule has 0 heterocycles. The molecular weight excluding hydrogens is 355 g/mol. The number of rotatable bonds is 7. The molecule has 0 bridgehead atoms. The van der Waals surface area contributed by atoms with Crippen LogP contribution >= 0.6 is 11.6 Å². The Bertz CT molecular complexity index is 747. The number of benzene rings is 2. The lowest BCUT2D eigenvalue weighted by atomic mass is 10.1. The third-order valence-electron chi connectivity index (χ3n) is 4.22. The summed E-state index contributed by atoms with van der Waals surface area (Å²) in [6.07, 6.45) is 0.245. The summed E-state index contributed by atoms with van der Waals surface area (Å²) in [5.41, 5.74) is 1.03. The maximum absolute atomic E-state index is 14.1. The standard InChI is InChI=1S/C20H22ClFN2O2/c1-3-18(20(26)23-2)24(13-14-8-5-4-6-9-14)19(25)12-15-16(21)10-7-11-17(15)22/h4-11,18H,3,12-13H2,1-2H3,(H,23,26)/t18-/m1/s1. The Morgan fingerprint density at radius 3 is 2.42 bits per heavy atom. The van der Waals surface area contributed by atoms with Crippen molar-refractivity contribution >= 4 is 23.4 Å². The Labute approximate surface area is 158 Å². The average Bonchev–Trinajstić information content (AvgIpc) is 2.65. The van der Waals surface area contributed by atoms with Crippen LogP contribution in [0.3, 0.4) is 0 Å². The molecule has 0 aliphatic heterocycles. The molecule has 138 valence electrons. The van der Waals surface area contributed by atoms with Crippen LogP contribution in [-0.4, -0.2) is 29.8 Å². The molecule has 0 saturated heterocycles. The van der Waals surface area contributed by atoms with E-state index in [1.807, 2.05) is 37.3 Å². The summed E-state index contributed by atoms with van der Waals surface area (Å²) in [6, 6.07) is 13.0. The van der Waals surface area contributed by atoms with Gasteiger partial charge >= 0.3 is 0 Å². The monoisotopic (exact) mass is 376 g/mol. The summed E-state index contributed by atoms with van der Waals surface area (Å²) in [6.45, 7) is 2.10. The molecule has 2 aromatic carbocycles. The molecule has 0 fully saturated rings. The SMILES string of the molecule is CC[C@H](C(=O)NC)N(Cc1ccccc1)C(=O)Cc1c(F)cccc1Cl. The molecule has 0 radical (unpaired) electrons. The quantitative estimate of drug-likeness (QED) is 0.803. The fraction of sp³-hybridized carbons (Fsp3) is 0.300. The Kier molecular flexibility index (Phi) is 7.16. The molecule has 4 nitrogen and oxygen atoms in total. The highest BCUT2D eigenvalue weighted by atomic mass is 35.5. The lowest BCUT2D eigenvalue weighted by molar-refractivity contribution is -0.140. The van der Waals surface area contributed by atoms with Crippen molar-refractivity contribution in [3.05, 3.63) is 70.5 Å². The molecule has 0 saturated carbocycles. The van der Waals surface area contributed by atoms with E-state index in [4.69, 9.17) is 11.6 Å². The Hall–Kier alpha value is -2.40. The van der Waals surface area contributed by atoms with Crippen molar-refractivity contribution in [1.82, 2.24) is 10.2 Å². The number of likely N-dealkylation sites (N-methyl/N-ethyl adjacent to an activating group) is 1. The second kappa shape index (κ2) is 9.34. The molecule has 0 unspecified atom stereocenters. The van der Waals surface area contributed by atoms with E-state index < -0.39 is 11.9 Å². The molecule has 2 amide bonds. The van der Waals surface area contributed by atoms with E-state index in [0.717, 1.165) is 5.56 Å². The van der Waals surface area contributed by atoms with Crippen LogP contribution in [0.1, 0.15) is 24.5 Å². The van der Waals surface area contributed by atoms with Gasteiger partial charge < -0.3 is 10.2 Å². The van der Waals surface area contributed by atoms with Crippen LogP contribution in [-0.2, 0) is 22.6 Å². The van der Waals surface area contributed by atoms with Gasteiger partial charge in [-0.25, -0.2) is 4.39 Å². The van der Waals surface area contributed by atoms with Gasteiger partial charge in [-0.2, -0.15) is 0 Å². The second-order valence-corrected chi connectivity index (χ2v) is 6.33. The topological polar surface area (TPSA) is 49.4 Å². The molecule has 1 N–H and O–H groups in total. The summed E-state index contributed by atoms with van der Waals surface area (Å²) < 4.78 is 14.1. The Balaban J connectivity index is 2.32. The van der Waals surface area contributed by atoms with Crippen molar-refractivity contribution in [3.8, 4) is 0 Å². The smallest absolute Gasteiger partial charge is 0.242 e. The number of carbonyl (C=O) groups is 2. The van der Waals surface area contributed by atoms with Crippen LogP contribution in [0, 0.1) is 5.82 Å². The van der Waals surface area contributed by atoms with E-state index in [1.54, 1.807) is 6.07 Å². The van der Waals surface area contributed by atoms with Crippen LogP contribution < -0.4 is 5.32 Å². The van der Waals surface area contributed by atoms with Crippen LogP contribution in [0.4, 0.5) is 4.39 Å². The predicted molar refractivity (Wildman–Crippen MR) is 100 cm³/mol. The van der Waals surface area contributed by atoms with Crippen molar-refractivity contribution < 1.29 is 14.0 Å². The first-order valence-corrected chi connectivity index (χ1v) is 8.83. The maximum Gasteiger partial charge on any atom is 0.242 e. The van der Waals surface area contributed by atoms with E-state index in [-0.39, 0.29) is 35.4 Å². The Morgan fingerprint density at radius 1 is 1.15 bits per heavy atom. The van der Waals surface area contributed by atoms with Crippen LogP contribution in [0.5, 0.6) is 0 Å². The zero-order valence-corrected chi connectivity index (χ0v) is 15.6. The van der Waals surface area contributed by atoms with E-state index in [1.165, 1.54) is 24.1 Å². The molecule has 0 aliphatic carbocycles. The van der Waals surface area contributed by atoms with E-state index in [9.17, 15) is 14.0 Å². The van der Waals surface area contributed by atoms with Gasteiger partial charge in [0.15, 0.2) is 0 Å². The normalized spacial score (nSPS) is 11.7. The van der Waals surface area contributed by atoms with Crippen molar-refractivity contribution in [1.29, 1.82) is 0 Å². The van der Waals surface area contributed by atoms with Gasteiger partial charge in [0.05, 0.1) is 6.42 Å². The first-order chi connectivity index (χ1) is 12.5. The Morgan fingerprint density at radius 2 is 1.85 bits per heavy atom. The van der Waals surface area contributed by atoms with E-state index >= 15 is 0 Å². The lowest BCUT2D eigenvalue weighted by Gasteiger charge is -2.30. The van der Waals surface area contributed by atoms with Gasteiger partial charge in [0.2, 0.25) is 11.8 Å². The van der Waals surface area contributed by atoms with Gasteiger partial charge in [0.1, 0.15) is 11.9 Å². The number of carbonyl (C=O) groups excluding carboxylic acids is 2. The number of halogens is 2. The average molecular weight is 377 g/mol. The largest absolute Gasteiger partial charge is 0.357 e. The highest BCUT2D eigenvalue weighted by Crippen LogP contribution is 2.22. The molecule has 26 heavy (non-hydrogen) atoms. The van der Waals surface area contributed by atoms with E-state index in [0.29, 0.717) is 6.42 Å². The molecule has 2 aromatic rings. The molecular formula is C20H22ClFN2O2. The van der Waals surface area contributed by atoms with Crippen LogP contribution in [0.2, 0.25) is 5.02 Å². The van der Waals surface area contributed by atoms with Crippen molar-refractivity contribution in [2.24, 2.45) is 0 Å². The van der Waals surface area contributed by atoms with Gasteiger partial charge in [-0.1, -0.05) is 54.9 Å². The molecule has 0 spiro atoms. The second-order valence-electron chi connectivity index (χ2n) is 5.92. The van der Waals surface area contributed by atoms with E-state index in [2.05, 4.69) is 5.32 Å². The van der Waals surface area contributed by atoms with Crippen LogP contribution in [0.25, 0.3) is 0 Å². The highest BCUT2D eigenvalue weighted by Gasteiger charge is 2.28. The van der Waals surface area contributed by atoms with Crippen molar-refractivity contribution in [2.75, 3.05) is 7.05 Å². The zero-order chi connectivity index (χ0) is 19.1. The minimum absolute atomic E-state index is 0.143. The van der Waals surface area contributed by atoms with Gasteiger partial charge in [0.25, 0.3) is 0 Å². The third-order valence-corrected chi connectivity index (χ3v) is 4.57. The maximum atomic E-state index is 14.1. The van der Waals surface area contributed by atoms with Gasteiger partial charge in [-0.3, -0.25) is 9.59 Å². The number of hydrogen-bond acceptors (Lipinski definition) is 2. The highest BCUT2D eigenvalue weighted by molar-refractivity contribution is 6.31. The minimum atomic E-state index is -0.641. The molecule has 0 aliphatic rings. The van der Waals surface area contributed by atoms with Crippen LogP contribution in [0.15, 0.2) is 48.5 Å².